The van der Waals surface area contributed by atoms with Crippen molar-refractivity contribution in [3.05, 3.63) is 60.0 Å². The number of carbonyl (C=O) groups is 1. The van der Waals surface area contributed by atoms with Gasteiger partial charge < -0.3 is 14.3 Å². The van der Waals surface area contributed by atoms with Crippen LogP contribution in [0.25, 0.3) is 22.7 Å². The molecule has 0 aliphatic heterocycles. The number of allylic oxidation sites excluding steroid dienone is 1. The van der Waals surface area contributed by atoms with E-state index in [1.165, 1.54) is 0 Å². The second kappa shape index (κ2) is 6.67. The molecule has 0 amide bonds. The molecule has 1 aromatic heterocycles. The van der Waals surface area contributed by atoms with E-state index in [9.17, 15) is 10.1 Å². The maximum absolute atomic E-state index is 10.7. The molecule has 0 atom stereocenters. The van der Waals surface area contributed by atoms with Crippen LogP contribution in [0.3, 0.4) is 0 Å². The van der Waals surface area contributed by atoms with Crippen molar-refractivity contribution in [2.45, 2.75) is 0 Å². The number of oxazole rings is 1. The lowest BCUT2D eigenvalue weighted by molar-refractivity contribution is -0.139. The number of aromatic nitrogens is 1. The van der Waals surface area contributed by atoms with Crippen molar-refractivity contribution in [3.8, 4) is 11.8 Å². The van der Waals surface area contributed by atoms with Gasteiger partial charge in [0.2, 0.25) is 5.89 Å². The zero-order chi connectivity index (χ0) is 16.9. The molecule has 0 aliphatic rings. The molecule has 0 fully saturated rings. The molecular weight excluding hydrogens is 308 g/mol. The number of aliphatic carboxylic acids is 1. The van der Waals surface area contributed by atoms with E-state index in [1.54, 1.807) is 42.5 Å². The van der Waals surface area contributed by atoms with Gasteiger partial charge in [-0.3, -0.25) is 0 Å². The van der Waals surface area contributed by atoms with E-state index >= 15 is 0 Å². The molecule has 2 aromatic carbocycles. The number of para-hydroxylation sites is 3. The molecular formula is C18H12N2O4. The smallest absolute Gasteiger partial charge is 0.341 e. The normalized spacial score (nSPS) is 11.2. The van der Waals surface area contributed by atoms with Crippen molar-refractivity contribution >= 4 is 28.7 Å². The van der Waals surface area contributed by atoms with E-state index in [4.69, 9.17) is 14.3 Å². The van der Waals surface area contributed by atoms with Crippen LogP contribution in [-0.4, -0.2) is 22.7 Å². The molecule has 0 spiro atoms. The Hall–Kier alpha value is -3.59. The molecule has 0 unspecified atom stereocenters. The zero-order valence-electron chi connectivity index (χ0n) is 12.5. The minimum Gasteiger partial charge on any atom is -0.481 e. The fourth-order valence-electron chi connectivity index (χ4n) is 2.16. The Morgan fingerprint density at radius 2 is 2.00 bits per heavy atom. The number of rotatable bonds is 5. The van der Waals surface area contributed by atoms with E-state index in [-0.39, 0.29) is 11.5 Å². The second-order valence-corrected chi connectivity index (χ2v) is 4.88. The van der Waals surface area contributed by atoms with Crippen molar-refractivity contribution in [1.29, 1.82) is 5.26 Å². The fourth-order valence-corrected chi connectivity index (χ4v) is 2.16. The third-order valence-electron chi connectivity index (χ3n) is 3.21. The SMILES string of the molecule is N#C/C(=C\c1ccccc1OCC(=O)O)c1nc2ccccc2o1. The summed E-state index contributed by atoms with van der Waals surface area (Å²) in [7, 11) is 0. The number of hydrogen-bond donors (Lipinski definition) is 1. The van der Waals surface area contributed by atoms with E-state index < -0.39 is 12.6 Å². The molecule has 0 bridgehead atoms. The lowest BCUT2D eigenvalue weighted by atomic mass is 10.1. The molecule has 6 heteroatoms. The molecule has 24 heavy (non-hydrogen) atoms. The summed E-state index contributed by atoms with van der Waals surface area (Å²) in [6.45, 7) is -0.463. The number of nitrogens with zero attached hydrogens (tertiary/aromatic N) is 2. The lowest BCUT2D eigenvalue weighted by Gasteiger charge is -2.06. The molecule has 3 aromatic rings. The van der Waals surface area contributed by atoms with Gasteiger partial charge >= 0.3 is 5.97 Å². The Labute approximate surface area is 137 Å². The highest BCUT2D eigenvalue weighted by molar-refractivity contribution is 5.89. The van der Waals surface area contributed by atoms with Crippen LogP contribution in [0.5, 0.6) is 5.75 Å². The summed E-state index contributed by atoms with van der Waals surface area (Å²) in [5.41, 5.74) is 2.03. The summed E-state index contributed by atoms with van der Waals surface area (Å²) in [4.78, 5) is 15.0. The van der Waals surface area contributed by atoms with Gasteiger partial charge in [-0.2, -0.15) is 5.26 Å². The standard InChI is InChI=1S/C18H12N2O4/c19-10-13(18-20-14-6-2-4-8-16(14)24-18)9-12-5-1-3-7-15(12)23-11-17(21)22/h1-9H,11H2,(H,21,22)/b13-9+. The summed E-state index contributed by atoms with van der Waals surface area (Å²) in [5.74, 6) is -0.510. The van der Waals surface area contributed by atoms with Crippen molar-refractivity contribution in [2.24, 2.45) is 0 Å². The first-order valence-electron chi connectivity index (χ1n) is 7.09. The Morgan fingerprint density at radius 3 is 2.75 bits per heavy atom. The van der Waals surface area contributed by atoms with Gasteiger partial charge in [-0.05, 0) is 24.3 Å². The first-order chi connectivity index (χ1) is 11.7. The van der Waals surface area contributed by atoms with E-state index in [2.05, 4.69) is 11.1 Å². The topological polar surface area (TPSA) is 96.3 Å². The number of benzene rings is 2. The van der Waals surface area contributed by atoms with Gasteiger partial charge in [0.05, 0.1) is 0 Å². The van der Waals surface area contributed by atoms with E-state index in [1.807, 2.05) is 12.1 Å². The Kier molecular flexibility index (Phi) is 4.25. The lowest BCUT2D eigenvalue weighted by Crippen LogP contribution is -2.09. The Bertz CT molecular complexity index is 933. The predicted molar refractivity (Wildman–Crippen MR) is 87.1 cm³/mol. The van der Waals surface area contributed by atoms with Crippen LogP contribution in [0.1, 0.15) is 11.5 Å². The van der Waals surface area contributed by atoms with Crippen LogP contribution in [0.4, 0.5) is 0 Å². The Balaban J connectivity index is 1.99. The predicted octanol–water partition coefficient (Wildman–Crippen LogP) is 3.36. The molecule has 1 heterocycles. The van der Waals surface area contributed by atoms with Crippen LogP contribution >= 0.6 is 0 Å². The van der Waals surface area contributed by atoms with Crippen LogP contribution in [0.15, 0.2) is 52.9 Å². The zero-order valence-corrected chi connectivity index (χ0v) is 12.5. The number of hydrogen-bond acceptors (Lipinski definition) is 5. The molecule has 1 N–H and O–H groups in total. The quantitative estimate of drug-likeness (QED) is 0.724. The van der Waals surface area contributed by atoms with E-state index in [0.717, 1.165) is 0 Å². The molecule has 0 aliphatic carbocycles. The van der Waals surface area contributed by atoms with Gasteiger partial charge in [-0.1, -0.05) is 30.3 Å². The molecule has 0 radical (unpaired) electrons. The molecule has 118 valence electrons. The largest absolute Gasteiger partial charge is 0.481 e. The van der Waals surface area contributed by atoms with Crippen molar-refractivity contribution in [1.82, 2.24) is 4.98 Å². The summed E-state index contributed by atoms with van der Waals surface area (Å²) in [5, 5.41) is 18.2. The monoisotopic (exact) mass is 320 g/mol. The molecule has 3 rings (SSSR count). The number of carboxylic acids is 1. The average Bonchev–Trinajstić information content (AvgIpc) is 3.02. The first-order valence-corrected chi connectivity index (χ1v) is 7.09. The highest BCUT2D eigenvalue weighted by Gasteiger charge is 2.12. The highest BCUT2D eigenvalue weighted by Crippen LogP contribution is 2.26. The van der Waals surface area contributed by atoms with E-state index in [0.29, 0.717) is 22.4 Å². The summed E-state index contributed by atoms with van der Waals surface area (Å²) in [6.07, 6.45) is 1.56. The summed E-state index contributed by atoms with van der Waals surface area (Å²) < 4.78 is 10.8. The van der Waals surface area contributed by atoms with Gasteiger partial charge in [0.15, 0.2) is 12.2 Å². The highest BCUT2D eigenvalue weighted by atomic mass is 16.5. The average molecular weight is 320 g/mol. The molecule has 0 saturated carbocycles. The third-order valence-corrected chi connectivity index (χ3v) is 3.21. The van der Waals surface area contributed by atoms with Crippen LogP contribution in [-0.2, 0) is 4.79 Å². The van der Waals surface area contributed by atoms with Gasteiger partial charge in [0.25, 0.3) is 0 Å². The van der Waals surface area contributed by atoms with Crippen LogP contribution in [0, 0.1) is 11.3 Å². The first kappa shape index (κ1) is 15.3. The number of fused-ring (bicyclic) bond motifs is 1. The number of carboxylic acid groups (broad SMARTS) is 1. The number of ether oxygens (including phenoxy) is 1. The van der Waals surface area contributed by atoms with Crippen molar-refractivity contribution in [3.63, 3.8) is 0 Å². The number of nitriles is 1. The van der Waals surface area contributed by atoms with Crippen LogP contribution in [0.2, 0.25) is 0 Å². The molecule has 0 saturated heterocycles. The summed E-state index contributed by atoms with van der Waals surface area (Å²) in [6, 6.07) is 16.1. The van der Waals surface area contributed by atoms with Crippen LogP contribution < -0.4 is 4.74 Å². The maximum atomic E-state index is 10.7. The minimum atomic E-state index is -1.08. The summed E-state index contributed by atoms with van der Waals surface area (Å²) >= 11 is 0. The molecule has 6 nitrogen and oxygen atoms in total. The van der Waals surface area contributed by atoms with Gasteiger partial charge in [0, 0.05) is 5.56 Å². The maximum Gasteiger partial charge on any atom is 0.341 e. The van der Waals surface area contributed by atoms with Gasteiger partial charge in [-0.25, -0.2) is 9.78 Å². The fraction of sp³-hybridized carbons (Fsp3) is 0.0556. The van der Waals surface area contributed by atoms with Crippen molar-refractivity contribution < 1.29 is 19.1 Å². The third kappa shape index (κ3) is 3.25. The second-order valence-electron chi connectivity index (χ2n) is 4.88. The van der Waals surface area contributed by atoms with Gasteiger partial charge in [0.1, 0.15) is 22.9 Å². The van der Waals surface area contributed by atoms with Gasteiger partial charge in [-0.15, -0.1) is 0 Å². The Morgan fingerprint density at radius 1 is 1.25 bits per heavy atom. The minimum absolute atomic E-state index is 0.201. The van der Waals surface area contributed by atoms with Crippen molar-refractivity contribution in [2.75, 3.05) is 6.61 Å².